The molecule has 0 spiro atoms. The number of carbonyl (C=O) groups excluding carboxylic acids is 1. The summed E-state index contributed by atoms with van der Waals surface area (Å²) in [6, 6.07) is 9.27. The Kier molecular flexibility index (Phi) is 5.21. The summed E-state index contributed by atoms with van der Waals surface area (Å²) in [5.74, 6) is -0.121. The van der Waals surface area contributed by atoms with Crippen LogP contribution in [-0.2, 0) is 11.3 Å². The molecule has 0 unspecified atom stereocenters. The van der Waals surface area contributed by atoms with E-state index in [9.17, 15) is 9.59 Å². The van der Waals surface area contributed by atoms with Gasteiger partial charge in [0.05, 0.1) is 5.25 Å². The molecule has 0 fully saturated rings. The lowest BCUT2D eigenvalue weighted by Gasteiger charge is -2.11. The van der Waals surface area contributed by atoms with Crippen molar-refractivity contribution in [2.45, 2.75) is 37.2 Å². The second-order valence-corrected chi connectivity index (χ2v) is 5.89. The molecule has 1 aromatic carbocycles. The van der Waals surface area contributed by atoms with E-state index in [-0.39, 0.29) is 16.8 Å². The number of nitrogens with zero attached hydrogens (tertiary/aromatic N) is 2. The highest BCUT2D eigenvalue weighted by Gasteiger charge is 2.18. The van der Waals surface area contributed by atoms with Crippen LogP contribution >= 0.6 is 11.8 Å². The number of carbonyl (C=O) groups is 1. The van der Waals surface area contributed by atoms with Crippen molar-refractivity contribution >= 4 is 23.4 Å². The lowest BCUT2D eigenvalue weighted by molar-refractivity contribution is -0.115. The number of hydrogen-bond donors (Lipinski definition) is 2. The van der Waals surface area contributed by atoms with Gasteiger partial charge in [0.1, 0.15) is 0 Å². The van der Waals surface area contributed by atoms with Crippen LogP contribution in [0.1, 0.15) is 20.3 Å². The van der Waals surface area contributed by atoms with Crippen molar-refractivity contribution in [3.05, 3.63) is 40.8 Å². The van der Waals surface area contributed by atoms with Crippen LogP contribution in [0, 0.1) is 0 Å². The van der Waals surface area contributed by atoms with Gasteiger partial charge in [-0.25, -0.2) is 9.89 Å². The van der Waals surface area contributed by atoms with Crippen LogP contribution in [0.15, 0.2) is 40.3 Å². The number of amides is 1. The van der Waals surface area contributed by atoms with Crippen molar-refractivity contribution in [3.8, 4) is 0 Å². The number of aromatic amines is 1. The number of H-pyrrole nitrogens is 1. The molecule has 2 N–H and O–H groups in total. The first kappa shape index (κ1) is 15.4. The Morgan fingerprint density at radius 3 is 2.81 bits per heavy atom. The lowest BCUT2D eigenvalue weighted by Crippen LogP contribution is -2.24. The molecular weight excluding hydrogens is 288 g/mol. The van der Waals surface area contributed by atoms with Crippen molar-refractivity contribution in [2.24, 2.45) is 0 Å². The lowest BCUT2D eigenvalue weighted by atomic mass is 10.3. The van der Waals surface area contributed by atoms with E-state index >= 15 is 0 Å². The third kappa shape index (κ3) is 3.98. The predicted molar refractivity (Wildman–Crippen MR) is 83.5 cm³/mol. The maximum atomic E-state index is 12.1. The second-order valence-electron chi connectivity index (χ2n) is 4.58. The maximum Gasteiger partial charge on any atom is 0.343 e. The van der Waals surface area contributed by atoms with Gasteiger partial charge in [0.2, 0.25) is 5.91 Å². The highest BCUT2D eigenvalue weighted by atomic mass is 32.2. The van der Waals surface area contributed by atoms with Crippen LogP contribution in [-0.4, -0.2) is 25.9 Å². The SMILES string of the molecule is CCCn1c(S[C@@H](C)C(=O)Nc2ccccc2)n[nH]c1=O. The molecule has 0 aliphatic rings. The molecule has 0 aliphatic carbocycles. The van der Waals surface area contributed by atoms with Gasteiger partial charge in [-0.1, -0.05) is 36.9 Å². The molecule has 0 saturated heterocycles. The molecule has 1 amide bonds. The smallest absolute Gasteiger partial charge is 0.325 e. The zero-order chi connectivity index (χ0) is 15.2. The summed E-state index contributed by atoms with van der Waals surface area (Å²) in [5, 5.41) is 9.42. The summed E-state index contributed by atoms with van der Waals surface area (Å²) in [6.07, 6.45) is 0.831. The summed E-state index contributed by atoms with van der Waals surface area (Å²) < 4.78 is 1.55. The van der Waals surface area contributed by atoms with E-state index in [2.05, 4.69) is 15.5 Å². The normalized spacial score (nSPS) is 12.1. The van der Waals surface area contributed by atoms with Gasteiger partial charge < -0.3 is 5.32 Å². The highest BCUT2D eigenvalue weighted by molar-refractivity contribution is 8.00. The summed E-state index contributed by atoms with van der Waals surface area (Å²) in [7, 11) is 0. The van der Waals surface area contributed by atoms with Crippen molar-refractivity contribution in [2.75, 3.05) is 5.32 Å². The quantitative estimate of drug-likeness (QED) is 0.801. The van der Waals surface area contributed by atoms with E-state index in [1.54, 1.807) is 11.5 Å². The van der Waals surface area contributed by atoms with E-state index in [1.165, 1.54) is 11.8 Å². The Labute approximate surface area is 127 Å². The fraction of sp³-hybridized carbons (Fsp3) is 0.357. The van der Waals surface area contributed by atoms with Gasteiger partial charge in [-0.2, -0.15) is 0 Å². The van der Waals surface area contributed by atoms with Crippen molar-refractivity contribution < 1.29 is 4.79 Å². The number of rotatable bonds is 6. The van der Waals surface area contributed by atoms with Gasteiger partial charge in [0, 0.05) is 12.2 Å². The Balaban J connectivity index is 2.02. The van der Waals surface area contributed by atoms with Crippen LogP contribution in [0.5, 0.6) is 0 Å². The van der Waals surface area contributed by atoms with Crippen LogP contribution < -0.4 is 11.0 Å². The van der Waals surface area contributed by atoms with Crippen LogP contribution in [0.2, 0.25) is 0 Å². The molecule has 1 heterocycles. The van der Waals surface area contributed by atoms with E-state index in [0.717, 1.165) is 12.1 Å². The minimum Gasteiger partial charge on any atom is -0.325 e. The van der Waals surface area contributed by atoms with Gasteiger partial charge in [0.15, 0.2) is 5.16 Å². The molecule has 0 radical (unpaired) electrons. The zero-order valence-corrected chi connectivity index (χ0v) is 12.8. The topological polar surface area (TPSA) is 79.8 Å². The molecule has 0 bridgehead atoms. The third-order valence-electron chi connectivity index (χ3n) is 2.86. The molecule has 0 aliphatic heterocycles. The highest BCUT2D eigenvalue weighted by Crippen LogP contribution is 2.21. The fourth-order valence-electron chi connectivity index (χ4n) is 1.79. The van der Waals surface area contributed by atoms with Gasteiger partial charge >= 0.3 is 5.69 Å². The third-order valence-corrected chi connectivity index (χ3v) is 3.95. The second kappa shape index (κ2) is 7.12. The molecular formula is C14H18N4O2S. The Hall–Kier alpha value is -2.02. The summed E-state index contributed by atoms with van der Waals surface area (Å²) in [5.41, 5.74) is 0.512. The maximum absolute atomic E-state index is 12.1. The average Bonchev–Trinajstić information content (AvgIpc) is 2.82. The fourth-order valence-corrected chi connectivity index (χ4v) is 2.67. The van der Waals surface area contributed by atoms with Gasteiger partial charge in [0.25, 0.3) is 0 Å². The average molecular weight is 306 g/mol. The first-order valence-electron chi connectivity index (χ1n) is 6.79. The number of para-hydroxylation sites is 1. The molecule has 21 heavy (non-hydrogen) atoms. The summed E-state index contributed by atoms with van der Waals surface area (Å²) >= 11 is 1.27. The monoisotopic (exact) mass is 306 g/mol. The molecule has 2 rings (SSSR count). The van der Waals surface area contributed by atoms with Crippen molar-refractivity contribution in [1.82, 2.24) is 14.8 Å². The van der Waals surface area contributed by atoms with E-state index < -0.39 is 0 Å². The van der Waals surface area contributed by atoms with Gasteiger partial charge in [-0.15, -0.1) is 5.10 Å². The summed E-state index contributed by atoms with van der Waals surface area (Å²) in [4.78, 5) is 23.7. The molecule has 0 saturated carbocycles. The molecule has 1 aromatic heterocycles. The molecule has 2 aromatic rings. The van der Waals surface area contributed by atoms with Crippen molar-refractivity contribution in [3.63, 3.8) is 0 Å². The minimum atomic E-state index is -0.351. The number of hydrogen-bond acceptors (Lipinski definition) is 4. The van der Waals surface area contributed by atoms with E-state index in [4.69, 9.17) is 0 Å². The van der Waals surface area contributed by atoms with Crippen LogP contribution in [0.3, 0.4) is 0 Å². The van der Waals surface area contributed by atoms with Crippen LogP contribution in [0.4, 0.5) is 5.69 Å². The standard InChI is InChI=1S/C14H18N4O2S/c1-3-9-18-13(20)16-17-14(18)21-10(2)12(19)15-11-7-5-4-6-8-11/h4-8,10H,3,9H2,1-2H3,(H,15,19)(H,16,20)/t10-/m0/s1. The first-order chi connectivity index (χ1) is 10.1. The molecule has 6 nitrogen and oxygen atoms in total. The number of anilines is 1. The van der Waals surface area contributed by atoms with E-state index in [1.807, 2.05) is 37.3 Å². The zero-order valence-electron chi connectivity index (χ0n) is 12.0. The predicted octanol–water partition coefficient (Wildman–Crippen LogP) is 2.10. The first-order valence-corrected chi connectivity index (χ1v) is 7.67. The number of benzene rings is 1. The Morgan fingerprint density at radius 2 is 2.14 bits per heavy atom. The van der Waals surface area contributed by atoms with Gasteiger partial charge in [-0.05, 0) is 25.5 Å². The minimum absolute atomic E-state index is 0.121. The van der Waals surface area contributed by atoms with E-state index in [0.29, 0.717) is 11.7 Å². The van der Waals surface area contributed by atoms with Gasteiger partial charge in [-0.3, -0.25) is 9.36 Å². The van der Waals surface area contributed by atoms with Crippen LogP contribution in [0.25, 0.3) is 0 Å². The Bertz CT molecular complexity index is 650. The summed E-state index contributed by atoms with van der Waals surface area (Å²) in [6.45, 7) is 4.36. The number of nitrogens with one attached hydrogen (secondary N) is 2. The molecule has 112 valence electrons. The largest absolute Gasteiger partial charge is 0.343 e. The molecule has 1 atom stereocenters. The number of thioether (sulfide) groups is 1. The Morgan fingerprint density at radius 1 is 1.43 bits per heavy atom. The molecule has 7 heteroatoms. The number of aromatic nitrogens is 3. The van der Waals surface area contributed by atoms with Crippen molar-refractivity contribution in [1.29, 1.82) is 0 Å².